The van der Waals surface area contributed by atoms with E-state index in [1.54, 1.807) is 0 Å². The van der Waals surface area contributed by atoms with E-state index in [0.29, 0.717) is 6.42 Å². The van der Waals surface area contributed by atoms with Gasteiger partial charge in [-0.3, -0.25) is 9.59 Å². The van der Waals surface area contributed by atoms with Gasteiger partial charge in [0.2, 0.25) is 0 Å². The summed E-state index contributed by atoms with van der Waals surface area (Å²) in [6, 6.07) is 0. The predicted octanol–water partition coefficient (Wildman–Crippen LogP) is 0.891. The molecule has 0 aromatic rings. The van der Waals surface area contributed by atoms with E-state index in [-0.39, 0.29) is 31.7 Å². The normalized spacial score (nSPS) is 11.9. The Morgan fingerprint density at radius 1 is 1.25 bits per heavy atom. The molecule has 0 aromatic carbocycles. The number of aliphatic hydroxyl groups is 1. The van der Waals surface area contributed by atoms with Crippen molar-refractivity contribution in [1.82, 2.24) is 0 Å². The average molecular weight is 232 g/mol. The maximum Gasteiger partial charge on any atom is 0.305 e. The molecule has 0 spiro atoms. The van der Waals surface area contributed by atoms with Crippen LogP contribution in [0.2, 0.25) is 0 Å². The number of carbonyl (C=O) groups excluding carboxylic acids is 2. The highest BCUT2D eigenvalue weighted by molar-refractivity contribution is 5.69. The summed E-state index contributed by atoms with van der Waals surface area (Å²) in [6.45, 7) is 3.28. The molecule has 0 aliphatic rings. The number of hydrogen-bond acceptors (Lipinski definition) is 5. The molecule has 5 nitrogen and oxygen atoms in total. The number of rotatable bonds is 8. The van der Waals surface area contributed by atoms with Gasteiger partial charge in [0.25, 0.3) is 0 Å². The number of aliphatic hydroxyl groups excluding tert-OH is 1. The third kappa shape index (κ3) is 8.23. The second kappa shape index (κ2) is 9.15. The first-order valence-electron chi connectivity index (χ1n) is 5.50. The third-order valence-corrected chi connectivity index (χ3v) is 1.99. The Morgan fingerprint density at radius 3 is 2.38 bits per heavy atom. The summed E-state index contributed by atoms with van der Waals surface area (Å²) in [6.07, 6.45) is 2.13. The monoisotopic (exact) mass is 232 g/mol. The van der Waals surface area contributed by atoms with Gasteiger partial charge >= 0.3 is 11.9 Å². The standard InChI is InChI=1S/C11H20O5/c1-3-4-5-11(14)16-8-10(6-12)7-15-9(2)13/h10,12H,3-8H2,1-2H3. The van der Waals surface area contributed by atoms with E-state index in [2.05, 4.69) is 0 Å². The summed E-state index contributed by atoms with van der Waals surface area (Å²) in [7, 11) is 0. The molecular formula is C11H20O5. The molecule has 94 valence electrons. The average Bonchev–Trinajstić information content (AvgIpc) is 2.26. The Labute approximate surface area is 95.7 Å². The fraction of sp³-hybridized carbons (Fsp3) is 0.818. The van der Waals surface area contributed by atoms with E-state index in [1.165, 1.54) is 6.92 Å². The largest absolute Gasteiger partial charge is 0.465 e. The summed E-state index contributed by atoms with van der Waals surface area (Å²) >= 11 is 0. The van der Waals surface area contributed by atoms with Crippen LogP contribution in [0, 0.1) is 5.92 Å². The van der Waals surface area contributed by atoms with Crippen molar-refractivity contribution in [2.75, 3.05) is 19.8 Å². The fourth-order valence-electron chi connectivity index (χ4n) is 0.993. The molecule has 1 N–H and O–H groups in total. The van der Waals surface area contributed by atoms with Crippen molar-refractivity contribution < 1.29 is 24.2 Å². The van der Waals surface area contributed by atoms with Gasteiger partial charge in [0, 0.05) is 13.3 Å². The van der Waals surface area contributed by atoms with Gasteiger partial charge in [-0.15, -0.1) is 0 Å². The molecule has 5 heteroatoms. The Morgan fingerprint density at radius 2 is 1.88 bits per heavy atom. The summed E-state index contributed by atoms with van der Waals surface area (Å²) in [5, 5.41) is 8.95. The molecule has 0 rings (SSSR count). The minimum Gasteiger partial charge on any atom is -0.465 e. The lowest BCUT2D eigenvalue weighted by molar-refractivity contribution is -0.148. The fourth-order valence-corrected chi connectivity index (χ4v) is 0.993. The third-order valence-electron chi connectivity index (χ3n) is 1.99. The van der Waals surface area contributed by atoms with E-state index in [1.807, 2.05) is 6.92 Å². The molecule has 1 atom stereocenters. The Kier molecular flexibility index (Phi) is 8.52. The molecule has 0 saturated heterocycles. The first-order valence-corrected chi connectivity index (χ1v) is 5.50. The van der Waals surface area contributed by atoms with Crippen LogP contribution in [0.25, 0.3) is 0 Å². The molecule has 0 aromatic heterocycles. The first kappa shape index (κ1) is 14.9. The minimum absolute atomic E-state index is 0.0763. The van der Waals surface area contributed by atoms with Crippen LogP contribution >= 0.6 is 0 Å². The number of carbonyl (C=O) groups is 2. The first-order chi connectivity index (χ1) is 7.60. The molecule has 0 amide bonds. The van der Waals surface area contributed by atoms with Crippen molar-refractivity contribution in [3.8, 4) is 0 Å². The lowest BCUT2D eigenvalue weighted by Crippen LogP contribution is -2.23. The summed E-state index contributed by atoms with van der Waals surface area (Å²) in [4.78, 5) is 21.7. The summed E-state index contributed by atoms with van der Waals surface area (Å²) in [5.41, 5.74) is 0. The van der Waals surface area contributed by atoms with Crippen LogP contribution in [0.5, 0.6) is 0 Å². The Balaban J connectivity index is 3.68. The molecule has 1 unspecified atom stereocenters. The van der Waals surface area contributed by atoms with Gasteiger partial charge < -0.3 is 14.6 Å². The van der Waals surface area contributed by atoms with Gasteiger partial charge in [0.15, 0.2) is 0 Å². The molecular weight excluding hydrogens is 212 g/mol. The van der Waals surface area contributed by atoms with E-state index < -0.39 is 5.97 Å². The predicted molar refractivity (Wildman–Crippen MR) is 57.7 cm³/mol. The zero-order valence-corrected chi connectivity index (χ0v) is 9.90. The van der Waals surface area contributed by atoms with Crippen molar-refractivity contribution in [2.24, 2.45) is 5.92 Å². The molecule has 0 saturated carbocycles. The smallest absolute Gasteiger partial charge is 0.305 e. The van der Waals surface area contributed by atoms with Crippen molar-refractivity contribution in [3.05, 3.63) is 0 Å². The van der Waals surface area contributed by atoms with Gasteiger partial charge in [-0.25, -0.2) is 0 Å². The van der Waals surface area contributed by atoms with E-state index in [9.17, 15) is 9.59 Å². The number of esters is 2. The Bertz CT molecular complexity index is 214. The van der Waals surface area contributed by atoms with Crippen LogP contribution in [-0.4, -0.2) is 36.9 Å². The number of hydrogen-bond donors (Lipinski definition) is 1. The van der Waals surface area contributed by atoms with E-state index in [0.717, 1.165) is 12.8 Å². The molecule has 0 heterocycles. The van der Waals surface area contributed by atoms with Gasteiger partial charge in [0.05, 0.1) is 25.7 Å². The van der Waals surface area contributed by atoms with Crippen molar-refractivity contribution in [1.29, 1.82) is 0 Å². The van der Waals surface area contributed by atoms with Gasteiger partial charge in [-0.1, -0.05) is 13.3 Å². The van der Waals surface area contributed by atoms with Gasteiger partial charge in [0.1, 0.15) is 0 Å². The van der Waals surface area contributed by atoms with Crippen LogP contribution in [0.15, 0.2) is 0 Å². The highest BCUT2D eigenvalue weighted by Crippen LogP contribution is 2.02. The van der Waals surface area contributed by atoms with Crippen LogP contribution < -0.4 is 0 Å². The van der Waals surface area contributed by atoms with Crippen LogP contribution in [0.1, 0.15) is 33.1 Å². The lowest BCUT2D eigenvalue weighted by Gasteiger charge is -2.13. The Hall–Kier alpha value is -1.10. The van der Waals surface area contributed by atoms with E-state index in [4.69, 9.17) is 14.6 Å². The molecule has 0 fully saturated rings. The summed E-state index contributed by atoms with van der Waals surface area (Å²) in [5.74, 6) is -1.02. The SMILES string of the molecule is CCCCC(=O)OCC(CO)COC(C)=O. The maximum absolute atomic E-state index is 11.1. The van der Waals surface area contributed by atoms with Crippen LogP contribution in [-0.2, 0) is 19.1 Å². The quantitative estimate of drug-likeness (QED) is 0.629. The molecule has 0 aliphatic carbocycles. The van der Waals surface area contributed by atoms with Gasteiger partial charge in [-0.05, 0) is 6.42 Å². The van der Waals surface area contributed by atoms with Gasteiger partial charge in [-0.2, -0.15) is 0 Å². The van der Waals surface area contributed by atoms with Crippen molar-refractivity contribution in [2.45, 2.75) is 33.1 Å². The van der Waals surface area contributed by atoms with Crippen LogP contribution in [0.4, 0.5) is 0 Å². The second-order valence-electron chi connectivity index (χ2n) is 3.64. The number of ether oxygens (including phenoxy) is 2. The molecule has 0 bridgehead atoms. The zero-order valence-electron chi connectivity index (χ0n) is 9.90. The summed E-state index contributed by atoms with van der Waals surface area (Å²) < 4.78 is 9.66. The second-order valence-corrected chi connectivity index (χ2v) is 3.64. The van der Waals surface area contributed by atoms with E-state index >= 15 is 0 Å². The lowest BCUT2D eigenvalue weighted by atomic mass is 10.2. The van der Waals surface area contributed by atoms with Crippen LogP contribution in [0.3, 0.4) is 0 Å². The molecule has 0 aliphatic heterocycles. The molecule has 16 heavy (non-hydrogen) atoms. The highest BCUT2D eigenvalue weighted by atomic mass is 16.5. The van der Waals surface area contributed by atoms with Crippen molar-refractivity contribution in [3.63, 3.8) is 0 Å². The molecule has 0 radical (unpaired) electrons. The minimum atomic E-state index is -0.407. The zero-order chi connectivity index (χ0) is 12.4. The highest BCUT2D eigenvalue weighted by Gasteiger charge is 2.12. The number of unbranched alkanes of at least 4 members (excludes halogenated alkanes) is 1. The topological polar surface area (TPSA) is 72.8 Å². The van der Waals surface area contributed by atoms with Crippen molar-refractivity contribution >= 4 is 11.9 Å². The maximum atomic E-state index is 11.1.